The molecule has 1 aromatic heterocycles. The normalized spacial score (nSPS) is 19.0. The second-order valence-corrected chi connectivity index (χ2v) is 6.63. The Bertz CT molecular complexity index is 855. The summed E-state index contributed by atoms with van der Waals surface area (Å²) in [7, 11) is 2.04. The van der Waals surface area contributed by atoms with Crippen LogP contribution in [0.25, 0.3) is 10.8 Å². The highest BCUT2D eigenvalue weighted by Crippen LogP contribution is 2.23. The molecule has 4 nitrogen and oxygen atoms in total. The van der Waals surface area contributed by atoms with Gasteiger partial charge in [-0.15, -0.1) is 0 Å². The number of morpholine rings is 1. The Morgan fingerprint density at radius 1 is 1.17 bits per heavy atom. The number of ether oxygens (including phenoxy) is 1. The number of hydrogen-bond acceptors (Lipinski definition) is 3. The summed E-state index contributed by atoms with van der Waals surface area (Å²) >= 11 is 0. The second-order valence-electron chi connectivity index (χ2n) is 6.63. The molecule has 1 aliphatic heterocycles. The van der Waals surface area contributed by atoms with Gasteiger partial charge in [0.05, 0.1) is 12.3 Å². The molecule has 1 aliphatic rings. The summed E-state index contributed by atoms with van der Waals surface area (Å²) in [6.07, 6.45) is 2.11. The first-order chi connectivity index (χ1) is 11.7. The first-order valence-corrected chi connectivity index (χ1v) is 8.50. The molecule has 1 unspecified atom stereocenters. The predicted octanol–water partition coefficient (Wildman–Crippen LogP) is 3.46. The highest BCUT2D eigenvalue weighted by Gasteiger charge is 2.25. The van der Waals surface area contributed by atoms with E-state index in [1.54, 1.807) is 0 Å². The fraction of sp³-hybridized carbons (Fsp3) is 0.350. The van der Waals surface area contributed by atoms with Crippen molar-refractivity contribution in [1.82, 2.24) is 14.5 Å². The Labute approximate surface area is 142 Å². The van der Waals surface area contributed by atoms with Crippen LogP contribution in [-0.2, 0) is 18.3 Å². The van der Waals surface area contributed by atoms with Crippen LogP contribution < -0.4 is 0 Å². The van der Waals surface area contributed by atoms with E-state index in [2.05, 4.69) is 63.1 Å². The van der Waals surface area contributed by atoms with Gasteiger partial charge in [-0.3, -0.25) is 4.90 Å². The topological polar surface area (TPSA) is 30.3 Å². The minimum atomic E-state index is 0.0536. The monoisotopic (exact) mass is 321 g/mol. The van der Waals surface area contributed by atoms with Crippen LogP contribution in [0.5, 0.6) is 0 Å². The molecule has 0 aliphatic carbocycles. The number of imidazole rings is 1. The van der Waals surface area contributed by atoms with Gasteiger partial charge >= 0.3 is 0 Å². The van der Waals surface area contributed by atoms with E-state index in [0.29, 0.717) is 0 Å². The summed E-state index contributed by atoms with van der Waals surface area (Å²) in [6.45, 7) is 5.58. The van der Waals surface area contributed by atoms with Crippen LogP contribution in [-0.4, -0.2) is 34.1 Å². The van der Waals surface area contributed by atoms with Gasteiger partial charge in [-0.2, -0.15) is 0 Å². The third-order valence-electron chi connectivity index (χ3n) is 4.69. The molecule has 1 atom stereocenters. The van der Waals surface area contributed by atoms with Crippen LogP contribution in [0, 0.1) is 6.92 Å². The number of aromatic nitrogens is 2. The molecule has 1 fully saturated rings. The van der Waals surface area contributed by atoms with Crippen LogP contribution >= 0.6 is 0 Å². The Morgan fingerprint density at radius 2 is 2.00 bits per heavy atom. The molecule has 1 saturated heterocycles. The summed E-state index contributed by atoms with van der Waals surface area (Å²) in [5.41, 5.74) is 2.40. The zero-order valence-corrected chi connectivity index (χ0v) is 14.3. The summed E-state index contributed by atoms with van der Waals surface area (Å²) < 4.78 is 8.05. The first-order valence-electron chi connectivity index (χ1n) is 8.50. The Morgan fingerprint density at radius 3 is 2.79 bits per heavy atom. The van der Waals surface area contributed by atoms with Gasteiger partial charge in [0.25, 0.3) is 0 Å². The highest BCUT2D eigenvalue weighted by atomic mass is 16.5. The summed E-state index contributed by atoms with van der Waals surface area (Å²) in [5.74, 6) is 1.02. The zero-order chi connectivity index (χ0) is 16.5. The van der Waals surface area contributed by atoms with E-state index in [1.165, 1.54) is 16.3 Å². The first kappa shape index (κ1) is 15.4. The molecule has 4 heteroatoms. The van der Waals surface area contributed by atoms with Gasteiger partial charge in [0.1, 0.15) is 11.9 Å². The highest BCUT2D eigenvalue weighted by molar-refractivity contribution is 5.82. The van der Waals surface area contributed by atoms with Gasteiger partial charge in [0, 0.05) is 32.9 Å². The minimum Gasteiger partial charge on any atom is -0.368 e. The number of nitrogens with zero attached hydrogens (tertiary/aromatic N) is 3. The van der Waals surface area contributed by atoms with Gasteiger partial charge in [0.2, 0.25) is 0 Å². The van der Waals surface area contributed by atoms with Crippen molar-refractivity contribution in [2.45, 2.75) is 19.6 Å². The van der Waals surface area contributed by atoms with Crippen molar-refractivity contribution >= 4 is 10.8 Å². The SMILES string of the molecule is Cc1cn(C)c(C2CN(Cc3ccc4ccccc4c3)CCO2)n1. The molecule has 0 saturated carbocycles. The molecule has 0 radical (unpaired) electrons. The van der Waals surface area contributed by atoms with E-state index in [-0.39, 0.29) is 6.10 Å². The smallest absolute Gasteiger partial charge is 0.139 e. The lowest BCUT2D eigenvalue weighted by molar-refractivity contribution is -0.0384. The van der Waals surface area contributed by atoms with Gasteiger partial charge in [0.15, 0.2) is 0 Å². The van der Waals surface area contributed by atoms with E-state index in [0.717, 1.165) is 37.8 Å². The average Bonchev–Trinajstić information content (AvgIpc) is 2.93. The van der Waals surface area contributed by atoms with Gasteiger partial charge in [-0.25, -0.2) is 4.98 Å². The third kappa shape index (κ3) is 3.07. The number of hydrogen-bond donors (Lipinski definition) is 0. The maximum Gasteiger partial charge on any atom is 0.139 e. The maximum atomic E-state index is 5.97. The van der Waals surface area contributed by atoms with Crippen molar-refractivity contribution in [1.29, 1.82) is 0 Å². The van der Waals surface area contributed by atoms with Gasteiger partial charge < -0.3 is 9.30 Å². The molecule has 2 heterocycles. The lowest BCUT2D eigenvalue weighted by atomic mass is 10.1. The van der Waals surface area contributed by atoms with Crippen LogP contribution in [0.3, 0.4) is 0 Å². The summed E-state index contributed by atoms with van der Waals surface area (Å²) in [4.78, 5) is 7.09. The van der Waals surface area contributed by atoms with Crippen LogP contribution in [0.1, 0.15) is 23.2 Å². The number of fused-ring (bicyclic) bond motifs is 1. The summed E-state index contributed by atoms with van der Waals surface area (Å²) in [6, 6.07) is 15.3. The average molecular weight is 321 g/mol. The number of aryl methyl sites for hydroxylation is 2. The molecule has 0 bridgehead atoms. The molecule has 24 heavy (non-hydrogen) atoms. The molecular weight excluding hydrogens is 298 g/mol. The van der Waals surface area contributed by atoms with Crippen molar-refractivity contribution in [3.8, 4) is 0 Å². The zero-order valence-electron chi connectivity index (χ0n) is 14.3. The van der Waals surface area contributed by atoms with Gasteiger partial charge in [-0.05, 0) is 29.3 Å². The molecule has 4 rings (SSSR count). The molecule has 124 valence electrons. The van der Waals surface area contributed by atoms with Crippen LogP contribution in [0.15, 0.2) is 48.7 Å². The molecule has 0 spiro atoms. The largest absolute Gasteiger partial charge is 0.368 e. The fourth-order valence-corrected chi connectivity index (χ4v) is 3.53. The van der Waals surface area contributed by atoms with Crippen molar-refractivity contribution in [3.63, 3.8) is 0 Å². The Hall–Kier alpha value is -2.17. The van der Waals surface area contributed by atoms with E-state index in [1.807, 2.05) is 14.0 Å². The lowest BCUT2D eigenvalue weighted by Crippen LogP contribution is -2.38. The predicted molar refractivity (Wildman–Crippen MR) is 95.9 cm³/mol. The molecule has 0 N–H and O–H groups in total. The Balaban J connectivity index is 1.50. The van der Waals surface area contributed by atoms with E-state index >= 15 is 0 Å². The third-order valence-corrected chi connectivity index (χ3v) is 4.69. The van der Waals surface area contributed by atoms with Crippen LogP contribution in [0.4, 0.5) is 0 Å². The van der Waals surface area contributed by atoms with Crippen molar-refractivity contribution in [2.24, 2.45) is 7.05 Å². The molecule has 3 aromatic rings. The van der Waals surface area contributed by atoms with E-state index in [4.69, 9.17) is 4.74 Å². The van der Waals surface area contributed by atoms with E-state index < -0.39 is 0 Å². The second kappa shape index (κ2) is 6.38. The lowest BCUT2D eigenvalue weighted by Gasteiger charge is -2.32. The Kier molecular flexibility index (Phi) is 4.08. The minimum absolute atomic E-state index is 0.0536. The quantitative estimate of drug-likeness (QED) is 0.740. The maximum absolute atomic E-state index is 5.97. The number of benzene rings is 2. The fourth-order valence-electron chi connectivity index (χ4n) is 3.53. The van der Waals surface area contributed by atoms with Crippen LogP contribution in [0.2, 0.25) is 0 Å². The van der Waals surface area contributed by atoms with Crippen molar-refractivity contribution in [2.75, 3.05) is 19.7 Å². The van der Waals surface area contributed by atoms with Crippen molar-refractivity contribution < 1.29 is 4.74 Å². The summed E-state index contributed by atoms with van der Waals surface area (Å²) in [5, 5.41) is 2.60. The van der Waals surface area contributed by atoms with Crippen molar-refractivity contribution in [3.05, 3.63) is 65.7 Å². The van der Waals surface area contributed by atoms with Gasteiger partial charge in [-0.1, -0.05) is 36.4 Å². The standard InChI is InChI=1S/C20H23N3O/c1-15-12-22(2)20(21-15)19-14-23(9-10-24-19)13-16-7-8-17-5-3-4-6-18(17)11-16/h3-8,11-12,19H,9-10,13-14H2,1-2H3. The molecule has 0 amide bonds. The van der Waals surface area contributed by atoms with E-state index in [9.17, 15) is 0 Å². The molecule has 2 aromatic carbocycles. The number of rotatable bonds is 3. The molecular formula is C20H23N3O.